The lowest BCUT2D eigenvalue weighted by Gasteiger charge is -2.34. The first-order chi connectivity index (χ1) is 11.4. The third-order valence-electron chi connectivity index (χ3n) is 4.75. The Morgan fingerprint density at radius 3 is 2.71 bits per heavy atom. The maximum absolute atomic E-state index is 12.5. The quantitative estimate of drug-likeness (QED) is 0.842. The fourth-order valence-electron chi connectivity index (χ4n) is 3.15. The van der Waals surface area contributed by atoms with Crippen LogP contribution in [0.3, 0.4) is 0 Å². The van der Waals surface area contributed by atoms with E-state index in [9.17, 15) is 13.6 Å². The van der Waals surface area contributed by atoms with Crippen LogP contribution in [0.5, 0.6) is 11.5 Å². The van der Waals surface area contributed by atoms with E-state index in [1.807, 2.05) is 0 Å². The standard InChI is InChI=1S/C18H25F2NO3/c1-4-23-16-10-13(8-9-15(16)24-18(19)20)17(22)21-14-7-5-6-11(2)12(14)3/h8-12,14,18H,4-7H2,1-3H3,(H,21,22)/t11-,12-,14-/m1/s1. The summed E-state index contributed by atoms with van der Waals surface area (Å²) in [5, 5.41) is 3.06. The Morgan fingerprint density at radius 2 is 2.04 bits per heavy atom. The first-order valence-electron chi connectivity index (χ1n) is 8.44. The van der Waals surface area contributed by atoms with Crippen molar-refractivity contribution in [3.63, 3.8) is 0 Å². The number of alkyl halides is 2. The number of hydrogen-bond donors (Lipinski definition) is 1. The number of halogens is 2. The van der Waals surface area contributed by atoms with Crippen molar-refractivity contribution in [1.82, 2.24) is 5.32 Å². The van der Waals surface area contributed by atoms with Gasteiger partial charge in [-0.05, 0) is 43.4 Å². The topological polar surface area (TPSA) is 47.6 Å². The van der Waals surface area contributed by atoms with Gasteiger partial charge in [0, 0.05) is 11.6 Å². The van der Waals surface area contributed by atoms with Crippen molar-refractivity contribution < 1.29 is 23.0 Å². The Balaban J connectivity index is 2.12. The SMILES string of the molecule is CCOc1cc(C(=O)N[C@@H]2CCC[C@@H](C)[C@H]2C)ccc1OC(F)F. The van der Waals surface area contributed by atoms with Crippen LogP contribution in [-0.2, 0) is 0 Å². The summed E-state index contributed by atoms with van der Waals surface area (Å²) in [4.78, 5) is 12.5. The Bertz CT molecular complexity index is 565. The molecule has 1 saturated carbocycles. The molecular formula is C18H25F2NO3. The molecule has 0 radical (unpaired) electrons. The van der Waals surface area contributed by atoms with Crippen molar-refractivity contribution in [2.45, 2.75) is 52.7 Å². The summed E-state index contributed by atoms with van der Waals surface area (Å²) in [5.74, 6) is 0.851. The van der Waals surface area contributed by atoms with E-state index >= 15 is 0 Å². The summed E-state index contributed by atoms with van der Waals surface area (Å²) in [6.45, 7) is 3.45. The molecule has 6 heteroatoms. The van der Waals surface area contributed by atoms with E-state index in [4.69, 9.17) is 4.74 Å². The van der Waals surface area contributed by atoms with Gasteiger partial charge in [0.15, 0.2) is 11.5 Å². The molecule has 1 N–H and O–H groups in total. The van der Waals surface area contributed by atoms with Crippen LogP contribution >= 0.6 is 0 Å². The molecule has 1 fully saturated rings. The predicted molar refractivity (Wildman–Crippen MR) is 87.7 cm³/mol. The van der Waals surface area contributed by atoms with E-state index in [1.54, 1.807) is 6.92 Å². The zero-order chi connectivity index (χ0) is 17.7. The number of hydrogen-bond acceptors (Lipinski definition) is 3. The van der Waals surface area contributed by atoms with Gasteiger partial charge in [-0.25, -0.2) is 0 Å². The minimum Gasteiger partial charge on any atom is -0.490 e. The molecule has 134 valence electrons. The zero-order valence-electron chi connectivity index (χ0n) is 14.4. The lowest BCUT2D eigenvalue weighted by molar-refractivity contribution is -0.0514. The Kier molecular flexibility index (Phi) is 6.40. The third kappa shape index (κ3) is 4.58. The number of rotatable bonds is 6. The Morgan fingerprint density at radius 1 is 1.29 bits per heavy atom. The van der Waals surface area contributed by atoms with E-state index in [-0.39, 0.29) is 23.4 Å². The number of carbonyl (C=O) groups is 1. The van der Waals surface area contributed by atoms with Crippen LogP contribution in [0.4, 0.5) is 8.78 Å². The molecule has 1 amide bonds. The number of nitrogens with one attached hydrogen (secondary N) is 1. The molecule has 0 saturated heterocycles. The molecule has 0 heterocycles. The van der Waals surface area contributed by atoms with Crippen LogP contribution in [0.15, 0.2) is 18.2 Å². The first-order valence-corrected chi connectivity index (χ1v) is 8.44. The van der Waals surface area contributed by atoms with Crippen LogP contribution in [0.2, 0.25) is 0 Å². The smallest absolute Gasteiger partial charge is 0.387 e. The van der Waals surface area contributed by atoms with Gasteiger partial charge in [0.05, 0.1) is 6.61 Å². The second-order valence-electron chi connectivity index (χ2n) is 6.32. The van der Waals surface area contributed by atoms with Gasteiger partial charge in [0.2, 0.25) is 0 Å². The highest BCUT2D eigenvalue weighted by molar-refractivity contribution is 5.95. The fraction of sp³-hybridized carbons (Fsp3) is 0.611. The monoisotopic (exact) mass is 341 g/mol. The molecule has 0 bridgehead atoms. The van der Waals surface area contributed by atoms with Gasteiger partial charge in [-0.3, -0.25) is 4.79 Å². The highest BCUT2D eigenvalue weighted by atomic mass is 19.3. The Labute approximate surface area is 141 Å². The third-order valence-corrected chi connectivity index (χ3v) is 4.75. The second kappa shape index (κ2) is 8.31. The zero-order valence-corrected chi connectivity index (χ0v) is 14.4. The number of carbonyl (C=O) groups excluding carboxylic acids is 1. The van der Waals surface area contributed by atoms with Crippen molar-refractivity contribution in [2.75, 3.05) is 6.61 Å². The van der Waals surface area contributed by atoms with Crippen LogP contribution < -0.4 is 14.8 Å². The van der Waals surface area contributed by atoms with Gasteiger partial charge in [0.1, 0.15) is 0 Å². The normalized spacial score (nSPS) is 23.8. The van der Waals surface area contributed by atoms with E-state index in [1.165, 1.54) is 24.6 Å². The fourth-order valence-corrected chi connectivity index (χ4v) is 3.15. The summed E-state index contributed by atoms with van der Waals surface area (Å²) in [7, 11) is 0. The lowest BCUT2D eigenvalue weighted by atomic mass is 9.78. The van der Waals surface area contributed by atoms with Gasteiger partial charge in [-0.15, -0.1) is 0 Å². The van der Waals surface area contributed by atoms with Crippen LogP contribution in [-0.4, -0.2) is 25.2 Å². The molecule has 0 aromatic heterocycles. The summed E-state index contributed by atoms with van der Waals surface area (Å²) < 4.78 is 34.6. The largest absolute Gasteiger partial charge is 0.490 e. The van der Waals surface area contributed by atoms with Crippen LogP contribution in [0.1, 0.15) is 50.4 Å². The predicted octanol–water partition coefficient (Wildman–Crippen LogP) is 4.24. The second-order valence-corrected chi connectivity index (χ2v) is 6.32. The highest BCUT2D eigenvalue weighted by Crippen LogP contribution is 2.31. The maximum atomic E-state index is 12.5. The van der Waals surface area contributed by atoms with Crippen molar-refractivity contribution in [1.29, 1.82) is 0 Å². The molecule has 3 atom stereocenters. The van der Waals surface area contributed by atoms with Crippen molar-refractivity contribution in [2.24, 2.45) is 11.8 Å². The molecular weight excluding hydrogens is 316 g/mol. The summed E-state index contributed by atoms with van der Waals surface area (Å²) in [5.41, 5.74) is 0.380. The summed E-state index contributed by atoms with van der Waals surface area (Å²) >= 11 is 0. The van der Waals surface area contributed by atoms with Gasteiger partial charge in [-0.1, -0.05) is 26.7 Å². The van der Waals surface area contributed by atoms with Gasteiger partial charge < -0.3 is 14.8 Å². The molecule has 1 aromatic carbocycles. The minimum atomic E-state index is -2.94. The average Bonchev–Trinajstić information content (AvgIpc) is 2.53. The van der Waals surface area contributed by atoms with E-state index in [2.05, 4.69) is 23.9 Å². The van der Waals surface area contributed by atoms with Crippen molar-refractivity contribution in [3.8, 4) is 11.5 Å². The molecule has 4 nitrogen and oxygen atoms in total. The van der Waals surface area contributed by atoms with Gasteiger partial charge in [-0.2, -0.15) is 8.78 Å². The first kappa shape index (κ1) is 18.5. The summed E-state index contributed by atoms with van der Waals surface area (Å²) in [6, 6.07) is 4.41. The van der Waals surface area contributed by atoms with Crippen molar-refractivity contribution in [3.05, 3.63) is 23.8 Å². The number of amides is 1. The molecule has 0 unspecified atom stereocenters. The van der Waals surface area contributed by atoms with Crippen molar-refractivity contribution >= 4 is 5.91 Å². The molecule has 2 rings (SSSR count). The Hall–Kier alpha value is -1.85. The van der Waals surface area contributed by atoms with Gasteiger partial charge in [0.25, 0.3) is 5.91 Å². The molecule has 1 aromatic rings. The lowest BCUT2D eigenvalue weighted by Crippen LogP contribution is -2.43. The van der Waals surface area contributed by atoms with Crippen LogP contribution in [0.25, 0.3) is 0 Å². The highest BCUT2D eigenvalue weighted by Gasteiger charge is 2.28. The molecule has 0 spiro atoms. The van der Waals surface area contributed by atoms with E-state index < -0.39 is 6.61 Å². The molecule has 1 aliphatic carbocycles. The van der Waals surface area contributed by atoms with Crippen LogP contribution in [0, 0.1) is 11.8 Å². The molecule has 24 heavy (non-hydrogen) atoms. The number of ether oxygens (including phenoxy) is 2. The average molecular weight is 341 g/mol. The maximum Gasteiger partial charge on any atom is 0.387 e. The molecule has 1 aliphatic rings. The number of benzene rings is 1. The van der Waals surface area contributed by atoms with Gasteiger partial charge >= 0.3 is 6.61 Å². The minimum absolute atomic E-state index is 0.0666. The summed E-state index contributed by atoms with van der Waals surface area (Å²) in [6.07, 6.45) is 3.24. The van der Waals surface area contributed by atoms with E-state index in [0.717, 1.165) is 12.8 Å². The molecule has 0 aliphatic heterocycles. The van der Waals surface area contributed by atoms with E-state index in [0.29, 0.717) is 24.0 Å².